The first kappa shape index (κ1) is 28.4. The van der Waals surface area contributed by atoms with Crippen molar-refractivity contribution in [1.29, 1.82) is 0 Å². The summed E-state index contributed by atoms with van der Waals surface area (Å²) in [4.78, 5) is 32.6. The fourth-order valence-electron chi connectivity index (χ4n) is 5.28. The number of aliphatic hydroxyl groups is 1. The minimum absolute atomic E-state index is 0.100. The van der Waals surface area contributed by atoms with Gasteiger partial charge in [0.1, 0.15) is 18.1 Å². The monoisotopic (exact) mass is 555 g/mol. The number of ketones is 1. The van der Waals surface area contributed by atoms with Crippen molar-refractivity contribution in [3.8, 4) is 5.75 Å². The third kappa shape index (κ3) is 6.29. The summed E-state index contributed by atoms with van der Waals surface area (Å²) in [6.07, 6.45) is 0. The average Bonchev–Trinajstić information content (AvgIpc) is 3.25. The molecule has 2 aliphatic rings. The van der Waals surface area contributed by atoms with E-state index in [1.807, 2.05) is 74.4 Å². The Morgan fingerprint density at radius 2 is 1.63 bits per heavy atom. The van der Waals surface area contributed by atoms with Gasteiger partial charge in [-0.05, 0) is 60.0 Å². The highest BCUT2D eigenvalue weighted by Crippen LogP contribution is 2.40. The van der Waals surface area contributed by atoms with E-state index >= 15 is 0 Å². The number of aryl methyl sites for hydroxylation is 1. The molecule has 0 saturated carbocycles. The van der Waals surface area contributed by atoms with E-state index in [1.165, 1.54) is 0 Å². The topological polar surface area (TPSA) is 82.5 Å². The van der Waals surface area contributed by atoms with Gasteiger partial charge in [-0.3, -0.25) is 14.5 Å². The van der Waals surface area contributed by atoms with Crippen molar-refractivity contribution in [2.24, 2.45) is 0 Å². The second-order valence-electron chi connectivity index (χ2n) is 10.7. The number of hydrogen-bond acceptors (Lipinski definition) is 7. The SMILES string of the molecule is Cc1ccccc1COc1ccc(C(O)=C2C(=O)C(=O)N(CCN3CCOCC3)C2c2ccc(N(C)C)cc2)cc1. The van der Waals surface area contributed by atoms with Gasteiger partial charge in [0, 0.05) is 51.5 Å². The molecule has 0 aromatic heterocycles. The molecule has 1 amide bonds. The molecule has 1 unspecified atom stereocenters. The maximum atomic E-state index is 13.4. The number of hydrogen-bond donors (Lipinski definition) is 1. The Hall–Kier alpha value is -4.14. The van der Waals surface area contributed by atoms with Crippen LogP contribution in [-0.2, 0) is 20.9 Å². The molecule has 0 radical (unpaired) electrons. The summed E-state index contributed by atoms with van der Waals surface area (Å²) in [7, 11) is 3.91. The fraction of sp³-hybridized carbons (Fsp3) is 0.333. The van der Waals surface area contributed by atoms with Gasteiger partial charge in [0.25, 0.3) is 11.7 Å². The van der Waals surface area contributed by atoms with Crippen molar-refractivity contribution in [3.63, 3.8) is 0 Å². The van der Waals surface area contributed by atoms with Crippen molar-refractivity contribution in [2.45, 2.75) is 19.6 Å². The third-order valence-electron chi connectivity index (χ3n) is 7.81. The van der Waals surface area contributed by atoms with E-state index in [1.54, 1.807) is 29.2 Å². The van der Waals surface area contributed by atoms with Crippen LogP contribution >= 0.6 is 0 Å². The predicted octanol–water partition coefficient (Wildman–Crippen LogP) is 4.39. The van der Waals surface area contributed by atoms with Gasteiger partial charge in [-0.2, -0.15) is 0 Å². The Bertz CT molecular complexity index is 1410. The van der Waals surface area contributed by atoms with Crippen LogP contribution in [0.25, 0.3) is 5.76 Å². The lowest BCUT2D eigenvalue weighted by atomic mass is 9.95. The first-order chi connectivity index (χ1) is 19.8. The van der Waals surface area contributed by atoms with Gasteiger partial charge in [0.2, 0.25) is 0 Å². The molecule has 5 rings (SSSR count). The van der Waals surface area contributed by atoms with Crippen LogP contribution in [0.2, 0.25) is 0 Å². The smallest absolute Gasteiger partial charge is 0.295 e. The molecule has 2 aliphatic heterocycles. The van der Waals surface area contributed by atoms with Gasteiger partial charge >= 0.3 is 0 Å². The molecule has 2 fully saturated rings. The minimum Gasteiger partial charge on any atom is -0.507 e. The molecule has 0 aliphatic carbocycles. The summed E-state index contributed by atoms with van der Waals surface area (Å²) in [5.41, 5.74) is 4.57. The Morgan fingerprint density at radius 1 is 0.951 bits per heavy atom. The Labute approximate surface area is 241 Å². The first-order valence-corrected chi connectivity index (χ1v) is 14.0. The van der Waals surface area contributed by atoms with Gasteiger partial charge in [-0.1, -0.05) is 36.4 Å². The van der Waals surface area contributed by atoms with Gasteiger partial charge in [0.05, 0.1) is 24.8 Å². The van der Waals surface area contributed by atoms with Crippen molar-refractivity contribution >= 4 is 23.1 Å². The Kier molecular flexibility index (Phi) is 8.71. The van der Waals surface area contributed by atoms with Crippen LogP contribution in [0.4, 0.5) is 5.69 Å². The predicted molar refractivity (Wildman–Crippen MR) is 159 cm³/mol. The van der Waals surface area contributed by atoms with E-state index in [0.717, 1.165) is 35.5 Å². The minimum atomic E-state index is -0.691. The molecule has 8 nitrogen and oxygen atoms in total. The van der Waals surface area contributed by atoms with Gasteiger partial charge in [-0.15, -0.1) is 0 Å². The molecule has 0 bridgehead atoms. The molecule has 2 heterocycles. The highest BCUT2D eigenvalue weighted by Gasteiger charge is 2.46. The zero-order chi connectivity index (χ0) is 28.9. The molecule has 3 aromatic rings. The molecular formula is C33H37N3O5. The molecule has 3 aromatic carbocycles. The highest BCUT2D eigenvalue weighted by atomic mass is 16.5. The summed E-state index contributed by atoms with van der Waals surface area (Å²) < 4.78 is 11.4. The Balaban J connectivity index is 1.43. The average molecular weight is 556 g/mol. The van der Waals surface area contributed by atoms with Crippen LogP contribution in [0.1, 0.15) is 28.3 Å². The molecule has 1 N–H and O–H groups in total. The molecule has 214 valence electrons. The second kappa shape index (κ2) is 12.6. The summed E-state index contributed by atoms with van der Waals surface area (Å²) in [5, 5.41) is 11.5. The quantitative estimate of drug-likeness (QED) is 0.238. The lowest BCUT2D eigenvalue weighted by Crippen LogP contribution is -2.42. The van der Waals surface area contributed by atoms with Gasteiger partial charge in [-0.25, -0.2) is 0 Å². The number of anilines is 1. The van der Waals surface area contributed by atoms with E-state index in [4.69, 9.17) is 9.47 Å². The summed E-state index contributed by atoms with van der Waals surface area (Å²) in [6.45, 7) is 6.32. The van der Waals surface area contributed by atoms with E-state index in [0.29, 0.717) is 44.2 Å². The summed E-state index contributed by atoms with van der Waals surface area (Å²) in [5.74, 6) is -0.818. The van der Waals surface area contributed by atoms with Crippen LogP contribution in [0.3, 0.4) is 0 Å². The number of amides is 1. The Morgan fingerprint density at radius 3 is 2.29 bits per heavy atom. The third-order valence-corrected chi connectivity index (χ3v) is 7.81. The van der Waals surface area contributed by atoms with Crippen LogP contribution in [0, 0.1) is 6.92 Å². The van der Waals surface area contributed by atoms with E-state index in [9.17, 15) is 14.7 Å². The maximum Gasteiger partial charge on any atom is 0.295 e. The van der Waals surface area contributed by atoms with Crippen LogP contribution in [0.15, 0.2) is 78.4 Å². The summed E-state index contributed by atoms with van der Waals surface area (Å²) >= 11 is 0. The van der Waals surface area contributed by atoms with Crippen molar-refractivity contribution in [3.05, 3.63) is 101 Å². The van der Waals surface area contributed by atoms with Gasteiger partial charge in [0.15, 0.2) is 0 Å². The van der Waals surface area contributed by atoms with Crippen LogP contribution < -0.4 is 9.64 Å². The first-order valence-electron chi connectivity index (χ1n) is 14.0. The van der Waals surface area contributed by atoms with Gasteiger partial charge < -0.3 is 24.4 Å². The number of ether oxygens (including phenoxy) is 2. The summed E-state index contributed by atoms with van der Waals surface area (Å²) in [6, 6.07) is 22.1. The standard InChI is InChI=1S/C33H37N3O5/c1-23-6-4-5-7-26(23)22-41-28-14-10-25(11-15-28)31(37)29-30(24-8-12-27(13-9-24)34(2)3)36(33(39)32(29)38)17-16-35-18-20-40-21-19-35/h4-15,30,37H,16-22H2,1-3H3. The van der Waals surface area contributed by atoms with E-state index < -0.39 is 17.7 Å². The number of nitrogens with zero attached hydrogens (tertiary/aromatic N) is 3. The lowest BCUT2D eigenvalue weighted by Gasteiger charge is -2.31. The fourth-order valence-corrected chi connectivity index (χ4v) is 5.28. The molecule has 0 spiro atoms. The normalized spacial score (nSPS) is 19.0. The number of carbonyl (C=O) groups excluding carboxylic acids is 2. The number of rotatable bonds is 9. The zero-order valence-electron chi connectivity index (χ0n) is 23.9. The van der Waals surface area contributed by atoms with Crippen molar-refractivity contribution < 1.29 is 24.2 Å². The number of likely N-dealkylation sites (tertiary alicyclic amines) is 1. The molecule has 2 saturated heterocycles. The van der Waals surface area contributed by atoms with Crippen LogP contribution in [0.5, 0.6) is 5.75 Å². The largest absolute Gasteiger partial charge is 0.507 e. The van der Waals surface area contributed by atoms with E-state index in [-0.39, 0.29) is 11.3 Å². The van der Waals surface area contributed by atoms with Crippen molar-refractivity contribution in [2.75, 3.05) is 58.4 Å². The number of Topliss-reactive ketones (excluding diaryl/α,β-unsaturated/α-hetero) is 1. The number of carbonyl (C=O) groups is 2. The zero-order valence-corrected chi connectivity index (χ0v) is 23.9. The number of aliphatic hydroxyl groups excluding tert-OH is 1. The highest BCUT2D eigenvalue weighted by molar-refractivity contribution is 6.46. The molecule has 8 heteroatoms. The maximum absolute atomic E-state index is 13.4. The molecular weight excluding hydrogens is 518 g/mol. The number of morpholine rings is 1. The lowest BCUT2D eigenvalue weighted by molar-refractivity contribution is -0.140. The van der Waals surface area contributed by atoms with Crippen LogP contribution in [-0.4, -0.2) is 80.1 Å². The van der Waals surface area contributed by atoms with E-state index in [2.05, 4.69) is 4.90 Å². The molecule has 41 heavy (non-hydrogen) atoms. The second-order valence-corrected chi connectivity index (χ2v) is 10.7. The molecule has 1 atom stereocenters. The van der Waals surface area contributed by atoms with Crippen molar-refractivity contribution in [1.82, 2.24) is 9.80 Å². The number of benzene rings is 3.